The molecule has 0 spiro atoms. The summed E-state index contributed by atoms with van der Waals surface area (Å²) in [6, 6.07) is 0. The zero-order valence-corrected chi connectivity index (χ0v) is 12.2. The minimum atomic E-state index is 0.389. The minimum Gasteiger partial charge on any atom is -0.383 e. The third-order valence-corrected chi connectivity index (χ3v) is 3.35. The lowest BCUT2D eigenvalue weighted by Crippen LogP contribution is -2.33. The number of nitrogens with zero attached hydrogens (tertiary/aromatic N) is 5. The van der Waals surface area contributed by atoms with Crippen molar-refractivity contribution in [1.29, 1.82) is 0 Å². The SMILES string of the molecule is COCCN(C)c1nc(NN)nc(N2CCCCC2)n1. The number of ether oxygens (including phenoxy) is 1. The molecule has 0 aromatic carbocycles. The smallest absolute Gasteiger partial charge is 0.243 e. The highest BCUT2D eigenvalue weighted by atomic mass is 16.5. The molecule has 0 atom stereocenters. The van der Waals surface area contributed by atoms with Crippen LogP contribution in [0.1, 0.15) is 19.3 Å². The van der Waals surface area contributed by atoms with E-state index in [1.807, 2.05) is 11.9 Å². The lowest BCUT2D eigenvalue weighted by molar-refractivity contribution is 0.206. The Morgan fingerprint density at radius 2 is 2.00 bits per heavy atom. The second-order valence-electron chi connectivity index (χ2n) is 4.87. The number of methoxy groups -OCH3 is 1. The number of anilines is 3. The molecule has 0 saturated carbocycles. The Bertz CT molecular complexity index is 422. The zero-order chi connectivity index (χ0) is 14.4. The van der Waals surface area contributed by atoms with Crippen LogP contribution in [0.15, 0.2) is 0 Å². The van der Waals surface area contributed by atoms with E-state index in [9.17, 15) is 0 Å². The molecule has 1 saturated heterocycles. The summed E-state index contributed by atoms with van der Waals surface area (Å²) in [7, 11) is 3.60. The first kappa shape index (κ1) is 14.7. The van der Waals surface area contributed by atoms with Gasteiger partial charge in [0.2, 0.25) is 17.8 Å². The molecule has 0 unspecified atom stereocenters. The van der Waals surface area contributed by atoms with Gasteiger partial charge in [-0.2, -0.15) is 15.0 Å². The van der Waals surface area contributed by atoms with Crippen LogP contribution in [0.5, 0.6) is 0 Å². The molecule has 2 heterocycles. The quantitative estimate of drug-likeness (QED) is 0.565. The first-order valence-electron chi connectivity index (χ1n) is 6.92. The number of aromatic nitrogens is 3. The molecule has 1 fully saturated rings. The van der Waals surface area contributed by atoms with Gasteiger partial charge in [-0.25, -0.2) is 5.84 Å². The van der Waals surface area contributed by atoms with E-state index in [4.69, 9.17) is 10.6 Å². The van der Waals surface area contributed by atoms with Crippen molar-refractivity contribution in [2.45, 2.75) is 19.3 Å². The van der Waals surface area contributed by atoms with Gasteiger partial charge < -0.3 is 14.5 Å². The van der Waals surface area contributed by atoms with Gasteiger partial charge in [-0.05, 0) is 19.3 Å². The van der Waals surface area contributed by atoms with E-state index in [-0.39, 0.29) is 0 Å². The maximum Gasteiger partial charge on any atom is 0.243 e. The van der Waals surface area contributed by atoms with Gasteiger partial charge in [0, 0.05) is 33.8 Å². The van der Waals surface area contributed by atoms with Crippen LogP contribution in [0.2, 0.25) is 0 Å². The molecular formula is C12H23N7O. The molecule has 2 rings (SSSR count). The van der Waals surface area contributed by atoms with E-state index in [2.05, 4.69) is 25.3 Å². The van der Waals surface area contributed by atoms with Crippen LogP contribution in [-0.2, 0) is 4.74 Å². The van der Waals surface area contributed by atoms with E-state index in [1.165, 1.54) is 19.3 Å². The molecule has 0 bridgehead atoms. The number of hydrogen-bond acceptors (Lipinski definition) is 8. The number of rotatable bonds is 6. The van der Waals surface area contributed by atoms with Crippen LogP contribution >= 0.6 is 0 Å². The average Bonchev–Trinajstić information content (AvgIpc) is 2.52. The molecular weight excluding hydrogens is 258 g/mol. The number of nitrogens with one attached hydrogen (secondary N) is 1. The van der Waals surface area contributed by atoms with Gasteiger partial charge in [0.1, 0.15) is 0 Å². The van der Waals surface area contributed by atoms with E-state index in [1.54, 1.807) is 7.11 Å². The molecule has 1 aliphatic heterocycles. The number of hydrogen-bond donors (Lipinski definition) is 2. The van der Waals surface area contributed by atoms with E-state index < -0.39 is 0 Å². The van der Waals surface area contributed by atoms with Crippen molar-refractivity contribution in [3.05, 3.63) is 0 Å². The lowest BCUT2D eigenvalue weighted by Gasteiger charge is -2.27. The molecule has 3 N–H and O–H groups in total. The fourth-order valence-corrected chi connectivity index (χ4v) is 2.15. The van der Waals surface area contributed by atoms with Gasteiger partial charge in [-0.1, -0.05) is 0 Å². The molecule has 1 aromatic heterocycles. The Balaban J connectivity index is 2.18. The van der Waals surface area contributed by atoms with E-state index >= 15 is 0 Å². The van der Waals surface area contributed by atoms with Gasteiger partial charge in [0.05, 0.1) is 6.61 Å². The predicted octanol–water partition coefficient (Wildman–Crippen LogP) is 0.230. The summed E-state index contributed by atoms with van der Waals surface area (Å²) in [6.45, 7) is 3.29. The van der Waals surface area contributed by atoms with Crippen LogP contribution in [0.4, 0.5) is 17.8 Å². The van der Waals surface area contributed by atoms with Gasteiger partial charge in [-0.15, -0.1) is 0 Å². The third-order valence-electron chi connectivity index (χ3n) is 3.35. The standard InChI is InChI=1S/C12H23N7O/c1-18(8-9-20-2)11-14-10(17-13)15-12(16-11)19-6-4-3-5-7-19/h3-9,13H2,1-2H3,(H,14,15,16,17). The Morgan fingerprint density at radius 3 is 2.65 bits per heavy atom. The van der Waals surface area contributed by atoms with Crippen molar-refractivity contribution in [3.8, 4) is 0 Å². The number of piperidine rings is 1. The zero-order valence-electron chi connectivity index (χ0n) is 12.2. The summed E-state index contributed by atoms with van der Waals surface area (Å²) < 4.78 is 5.07. The number of hydrazine groups is 1. The molecule has 112 valence electrons. The Morgan fingerprint density at radius 1 is 1.25 bits per heavy atom. The average molecular weight is 281 g/mol. The lowest BCUT2D eigenvalue weighted by atomic mass is 10.1. The van der Waals surface area contributed by atoms with Crippen molar-refractivity contribution in [3.63, 3.8) is 0 Å². The summed E-state index contributed by atoms with van der Waals surface area (Å²) >= 11 is 0. The van der Waals surface area contributed by atoms with Crippen molar-refractivity contribution in [2.75, 3.05) is 55.6 Å². The highest BCUT2D eigenvalue weighted by molar-refractivity contribution is 5.44. The highest BCUT2D eigenvalue weighted by Crippen LogP contribution is 2.19. The van der Waals surface area contributed by atoms with Crippen molar-refractivity contribution < 1.29 is 4.74 Å². The molecule has 1 aliphatic rings. The normalized spacial score (nSPS) is 15.2. The van der Waals surface area contributed by atoms with E-state index in [0.717, 1.165) is 13.1 Å². The Labute approximate surface area is 119 Å². The fraction of sp³-hybridized carbons (Fsp3) is 0.750. The van der Waals surface area contributed by atoms with Gasteiger partial charge in [0.15, 0.2) is 0 Å². The van der Waals surface area contributed by atoms with Gasteiger partial charge in [-0.3, -0.25) is 5.43 Å². The highest BCUT2D eigenvalue weighted by Gasteiger charge is 2.17. The maximum absolute atomic E-state index is 5.45. The van der Waals surface area contributed by atoms with Crippen molar-refractivity contribution in [2.24, 2.45) is 5.84 Å². The van der Waals surface area contributed by atoms with E-state index in [0.29, 0.717) is 31.0 Å². The largest absolute Gasteiger partial charge is 0.383 e. The third kappa shape index (κ3) is 3.67. The first-order valence-corrected chi connectivity index (χ1v) is 6.92. The van der Waals surface area contributed by atoms with Crippen LogP contribution in [-0.4, -0.2) is 55.4 Å². The van der Waals surface area contributed by atoms with Gasteiger partial charge in [0.25, 0.3) is 0 Å². The number of likely N-dealkylation sites (N-methyl/N-ethyl adjacent to an activating group) is 1. The number of nitrogen functional groups attached to an aromatic ring is 1. The fourth-order valence-electron chi connectivity index (χ4n) is 2.15. The predicted molar refractivity (Wildman–Crippen MR) is 78.8 cm³/mol. The van der Waals surface area contributed by atoms with Crippen LogP contribution in [0, 0.1) is 0 Å². The summed E-state index contributed by atoms with van der Waals surface area (Å²) in [5.74, 6) is 7.13. The van der Waals surface area contributed by atoms with Crippen LogP contribution in [0.25, 0.3) is 0 Å². The second kappa shape index (κ2) is 7.20. The van der Waals surface area contributed by atoms with Crippen LogP contribution < -0.4 is 21.1 Å². The Kier molecular flexibility index (Phi) is 5.31. The van der Waals surface area contributed by atoms with Crippen molar-refractivity contribution >= 4 is 17.8 Å². The molecule has 8 heteroatoms. The summed E-state index contributed by atoms with van der Waals surface area (Å²) in [5, 5.41) is 0. The van der Waals surface area contributed by atoms with Crippen molar-refractivity contribution in [1.82, 2.24) is 15.0 Å². The van der Waals surface area contributed by atoms with Crippen LogP contribution in [0.3, 0.4) is 0 Å². The summed E-state index contributed by atoms with van der Waals surface area (Å²) in [4.78, 5) is 17.3. The molecule has 20 heavy (non-hydrogen) atoms. The van der Waals surface area contributed by atoms with Gasteiger partial charge >= 0.3 is 0 Å². The molecule has 0 radical (unpaired) electrons. The topological polar surface area (TPSA) is 92.4 Å². The summed E-state index contributed by atoms with van der Waals surface area (Å²) in [5.41, 5.74) is 2.51. The Hall–Kier alpha value is -1.67. The summed E-state index contributed by atoms with van der Waals surface area (Å²) in [6.07, 6.45) is 3.61. The molecule has 1 aromatic rings. The number of nitrogens with two attached hydrogens (primary N) is 1. The second-order valence-corrected chi connectivity index (χ2v) is 4.87. The minimum absolute atomic E-state index is 0.389. The molecule has 0 amide bonds. The first-order chi connectivity index (χ1) is 9.74. The maximum atomic E-state index is 5.45. The molecule has 0 aliphatic carbocycles. The molecule has 8 nitrogen and oxygen atoms in total. The monoisotopic (exact) mass is 281 g/mol.